The molecular formula is C20H34O2. The van der Waals surface area contributed by atoms with E-state index in [4.69, 9.17) is 0 Å². The fraction of sp³-hybridized carbons (Fsp3) is 1.00. The Morgan fingerprint density at radius 1 is 0.955 bits per heavy atom. The lowest BCUT2D eigenvalue weighted by Crippen LogP contribution is -2.69. The maximum absolute atomic E-state index is 11.1. The van der Waals surface area contributed by atoms with Crippen LogP contribution in [-0.2, 0) is 0 Å². The highest BCUT2D eigenvalue weighted by molar-refractivity contribution is 5.22. The molecule has 0 saturated heterocycles. The summed E-state index contributed by atoms with van der Waals surface area (Å²) in [6.45, 7) is 11.8. The molecule has 0 aliphatic heterocycles. The van der Waals surface area contributed by atoms with Crippen molar-refractivity contribution in [3.63, 3.8) is 0 Å². The molecule has 1 unspecified atom stereocenters. The van der Waals surface area contributed by atoms with Crippen LogP contribution in [0.1, 0.15) is 73.1 Å². The normalized spacial score (nSPS) is 62.6. The summed E-state index contributed by atoms with van der Waals surface area (Å²) < 4.78 is 0. The number of aliphatic hydroxyl groups excluding tert-OH is 1. The van der Waals surface area contributed by atoms with Gasteiger partial charge in [-0.15, -0.1) is 0 Å². The Kier molecular flexibility index (Phi) is 2.89. The summed E-state index contributed by atoms with van der Waals surface area (Å²) in [6, 6.07) is 0. The van der Waals surface area contributed by atoms with E-state index in [0.717, 1.165) is 25.7 Å². The first-order chi connectivity index (χ1) is 10.1. The molecular weight excluding hydrogens is 272 g/mol. The second-order valence-electron chi connectivity index (χ2n) is 10.4. The third-order valence-corrected chi connectivity index (χ3v) is 9.33. The molecule has 0 amide bonds. The Bertz CT molecular complexity index is 496. The van der Waals surface area contributed by atoms with Gasteiger partial charge in [-0.25, -0.2) is 0 Å². The summed E-state index contributed by atoms with van der Waals surface area (Å²) in [5.74, 6) is 2.10. The largest absolute Gasteiger partial charge is 0.393 e. The maximum Gasteiger partial charge on any atom is 0.0651 e. The Morgan fingerprint density at radius 2 is 1.64 bits per heavy atom. The smallest absolute Gasteiger partial charge is 0.0651 e. The molecule has 0 heterocycles. The summed E-state index contributed by atoms with van der Waals surface area (Å²) in [7, 11) is 0. The third-order valence-electron chi connectivity index (χ3n) is 9.33. The zero-order valence-corrected chi connectivity index (χ0v) is 15.0. The molecule has 4 aliphatic rings. The number of hydrogen-bond acceptors (Lipinski definition) is 2. The lowest BCUT2D eigenvalue weighted by molar-refractivity contribution is -0.273. The van der Waals surface area contributed by atoms with Crippen molar-refractivity contribution in [2.45, 2.75) is 84.8 Å². The molecule has 4 fully saturated rings. The molecule has 8 atom stereocenters. The molecule has 22 heavy (non-hydrogen) atoms. The first kappa shape index (κ1) is 15.4. The van der Waals surface area contributed by atoms with Crippen LogP contribution in [0, 0.1) is 39.9 Å². The highest BCUT2D eigenvalue weighted by atomic mass is 16.3. The molecule has 0 aromatic carbocycles. The lowest BCUT2D eigenvalue weighted by Gasteiger charge is -2.72. The number of rotatable bonds is 0. The van der Waals surface area contributed by atoms with E-state index >= 15 is 0 Å². The van der Waals surface area contributed by atoms with E-state index in [2.05, 4.69) is 34.6 Å². The zero-order valence-electron chi connectivity index (χ0n) is 15.0. The van der Waals surface area contributed by atoms with Crippen LogP contribution in [0.4, 0.5) is 0 Å². The summed E-state index contributed by atoms with van der Waals surface area (Å²) in [4.78, 5) is 0. The van der Waals surface area contributed by atoms with Gasteiger partial charge in [-0.3, -0.25) is 0 Å². The Hall–Kier alpha value is -0.0800. The molecule has 2 N–H and O–H groups in total. The second kappa shape index (κ2) is 4.11. The van der Waals surface area contributed by atoms with E-state index in [-0.39, 0.29) is 11.5 Å². The van der Waals surface area contributed by atoms with Gasteiger partial charge in [0.1, 0.15) is 0 Å². The molecule has 0 aromatic heterocycles. The van der Waals surface area contributed by atoms with Crippen LogP contribution in [0.5, 0.6) is 0 Å². The zero-order chi connectivity index (χ0) is 16.1. The summed E-state index contributed by atoms with van der Waals surface area (Å²) in [6.07, 6.45) is 6.51. The molecule has 4 rings (SSSR count). The van der Waals surface area contributed by atoms with Crippen molar-refractivity contribution < 1.29 is 10.2 Å². The van der Waals surface area contributed by atoms with Crippen molar-refractivity contribution in [3.05, 3.63) is 0 Å². The fourth-order valence-electron chi connectivity index (χ4n) is 8.34. The maximum atomic E-state index is 11.1. The quantitative estimate of drug-likeness (QED) is 0.710. The molecule has 2 bridgehead atoms. The van der Waals surface area contributed by atoms with Crippen molar-refractivity contribution in [3.8, 4) is 0 Å². The van der Waals surface area contributed by atoms with Gasteiger partial charge in [0, 0.05) is 0 Å². The van der Waals surface area contributed by atoms with E-state index in [0.29, 0.717) is 34.5 Å². The van der Waals surface area contributed by atoms with E-state index < -0.39 is 5.60 Å². The van der Waals surface area contributed by atoms with Crippen molar-refractivity contribution in [2.75, 3.05) is 0 Å². The Labute approximate surface area is 135 Å². The molecule has 4 saturated carbocycles. The Morgan fingerprint density at radius 3 is 2.32 bits per heavy atom. The van der Waals surface area contributed by atoms with Crippen LogP contribution < -0.4 is 0 Å². The van der Waals surface area contributed by atoms with Crippen molar-refractivity contribution in [2.24, 2.45) is 39.9 Å². The molecule has 2 heteroatoms. The molecule has 2 nitrogen and oxygen atoms in total. The van der Waals surface area contributed by atoms with Crippen molar-refractivity contribution in [1.29, 1.82) is 0 Å². The van der Waals surface area contributed by atoms with Crippen molar-refractivity contribution in [1.82, 2.24) is 0 Å². The number of fused-ring (bicyclic) bond motifs is 1. The average Bonchev–Trinajstić information content (AvgIpc) is 2.74. The van der Waals surface area contributed by atoms with Gasteiger partial charge in [0.2, 0.25) is 0 Å². The van der Waals surface area contributed by atoms with Gasteiger partial charge in [-0.1, -0.05) is 27.7 Å². The Balaban J connectivity index is 1.92. The van der Waals surface area contributed by atoms with Crippen LogP contribution in [0.2, 0.25) is 0 Å². The van der Waals surface area contributed by atoms with Gasteiger partial charge >= 0.3 is 0 Å². The first-order valence-electron chi connectivity index (χ1n) is 9.47. The minimum absolute atomic E-state index is 0.130. The van der Waals surface area contributed by atoms with Crippen LogP contribution in [0.25, 0.3) is 0 Å². The number of aliphatic hydroxyl groups is 2. The van der Waals surface area contributed by atoms with E-state index in [1.807, 2.05) is 0 Å². The minimum atomic E-state index is -0.480. The molecule has 1 spiro atoms. The SMILES string of the molecule is C[C@@H]1C[C@H](O)[C@H]2C[C@]3(C)CC[C@H]4C3[C@]1(CC[C@]4(C)O)C2(C)C. The predicted molar refractivity (Wildman–Crippen MR) is 88.3 cm³/mol. The second-order valence-corrected chi connectivity index (χ2v) is 10.4. The topological polar surface area (TPSA) is 40.5 Å². The van der Waals surface area contributed by atoms with Crippen LogP contribution in [0.3, 0.4) is 0 Å². The summed E-state index contributed by atoms with van der Waals surface area (Å²) >= 11 is 0. The van der Waals surface area contributed by atoms with Gasteiger partial charge in [0.25, 0.3) is 0 Å². The number of hydrogen-bond donors (Lipinski definition) is 2. The third kappa shape index (κ3) is 1.50. The lowest BCUT2D eigenvalue weighted by atomic mass is 9.32. The van der Waals surface area contributed by atoms with Crippen LogP contribution in [0.15, 0.2) is 0 Å². The van der Waals surface area contributed by atoms with Crippen molar-refractivity contribution >= 4 is 0 Å². The van der Waals surface area contributed by atoms with E-state index in [9.17, 15) is 10.2 Å². The molecule has 0 aromatic rings. The highest BCUT2D eigenvalue weighted by Gasteiger charge is 2.73. The fourth-order valence-corrected chi connectivity index (χ4v) is 8.34. The predicted octanol–water partition coefficient (Wildman–Crippen LogP) is 4.00. The molecule has 4 aliphatic carbocycles. The van der Waals surface area contributed by atoms with Gasteiger partial charge in [-0.2, -0.15) is 0 Å². The van der Waals surface area contributed by atoms with E-state index in [1.165, 1.54) is 12.8 Å². The van der Waals surface area contributed by atoms with E-state index in [1.54, 1.807) is 0 Å². The average molecular weight is 306 g/mol. The van der Waals surface area contributed by atoms with Crippen LogP contribution >= 0.6 is 0 Å². The molecule has 0 radical (unpaired) electrons. The van der Waals surface area contributed by atoms with Gasteiger partial charge in [0.05, 0.1) is 11.7 Å². The first-order valence-corrected chi connectivity index (χ1v) is 9.47. The monoisotopic (exact) mass is 306 g/mol. The standard InChI is InChI=1S/C20H34O2/c1-12-10-15(21)14-11-18(4)7-6-13-16(18)20(12,17(14,2)3)9-8-19(13,5)22/h12-16,21-22H,6-11H2,1-5H3/t12-,13+,14-,15+,16?,18+,19+,20-/m1/s1. The molecule has 126 valence electrons. The highest BCUT2D eigenvalue weighted by Crippen LogP contribution is 2.78. The van der Waals surface area contributed by atoms with Gasteiger partial charge < -0.3 is 10.2 Å². The van der Waals surface area contributed by atoms with Gasteiger partial charge in [0.15, 0.2) is 0 Å². The summed E-state index contributed by atoms with van der Waals surface area (Å²) in [5, 5.41) is 21.9. The van der Waals surface area contributed by atoms with Crippen LogP contribution in [-0.4, -0.2) is 21.9 Å². The summed E-state index contributed by atoms with van der Waals surface area (Å²) in [5.41, 5.74) is 0.345. The minimum Gasteiger partial charge on any atom is -0.393 e. The van der Waals surface area contributed by atoms with Gasteiger partial charge in [-0.05, 0) is 85.4 Å².